The zero-order valence-electron chi connectivity index (χ0n) is 13.0. The van der Waals surface area contributed by atoms with E-state index >= 15 is 0 Å². The van der Waals surface area contributed by atoms with Crippen LogP contribution in [0.5, 0.6) is 0 Å². The van der Waals surface area contributed by atoms with E-state index in [1.807, 2.05) is 30.9 Å². The molecule has 23 heavy (non-hydrogen) atoms. The number of rotatable bonds is 3. The molecule has 5 nitrogen and oxygen atoms in total. The van der Waals surface area contributed by atoms with Gasteiger partial charge in [0.05, 0.1) is 0 Å². The predicted molar refractivity (Wildman–Crippen MR) is 93.1 cm³/mol. The van der Waals surface area contributed by atoms with Crippen molar-refractivity contribution >= 4 is 21.9 Å². The van der Waals surface area contributed by atoms with Crippen molar-refractivity contribution in [1.29, 1.82) is 0 Å². The Balaban J connectivity index is 1.48. The summed E-state index contributed by atoms with van der Waals surface area (Å²) in [7, 11) is 0. The van der Waals surface area contributed by atoms with Crippen LogP contribution in [-0.2, 0) is 6.54 Å². The molecule has 2 aromatic heterocycles. The summed E-state index contributed by atoms with van der Waals surface area (Å²) >= 11 is 3.51. The molecule has 2 aliphatic rings. The summed E-state index contributed by atoms with van der Waals surface area (Å²) in [5.41, 5.74) is 1.27. The van der Waals surface area contributed by atoms with E-state index in [4.69, 9.17) is 0 Å². The van der Waals surface area contributed by atoms with Gasteiger partial charge in [0.25, 0.3) is 0 Å². The van der Waals surface area contributed by atoms with Crippen LogP contribution < -0.4 is 4.90 Å². The van der Waals surface area contributed by atoms with Crippen LogP contribution in [0.4, 0.5) is 5.95 Å². The van der Waals surface area contributed by atoms with Crippen molar-refractivity contribution in [3.8, 4) is 0 Å². The molecular weight excluding hydrogens is 354 g/mol. The van der Waals surface area contributed by atoms with Crippen LogP contribution in [0, 0.1) is 5.92 Å². The molecule has 2 unspecified atom stereocenters. The quantitative estimate of drug-likeness (QED) is 0.827. The Morgan fingerprint density at radius 3 is 2.78 bits per heavy atom. The first-order chi connectivity index (χ1) is 11.3. The lowest BCUT2D eigenvalue weighted by molar-refractivity contribution is 0.200. The van der Waals surface area contributed by atoms with Gasteiger partial charge in [-0.25, -0.2) is 9.97 Å². The third-order valence-corrected chi connectivity index (χ3v) is 5.39. The zero-order valence-corrected chi connectivity index (χ0v) is 14.6. The fourth-order valence-electron chi connectivity index (χ4n) is 3.84. The van der Waals surface area contributed by atoms with Crippen LogP contribution in [0.3, 0.4) is 0 Å². The Morgan fingerprint density at radius 2 is 1.96 bits per heavy atom. The highest BCUT2D eigenvalue weighted by molar-refractivity contribution is 9.10. The van der Waals surface area contributed by atoms with Crippen molar-refractivity contribution in [2.75, 3.05) is 24.5 Å². The molecule has 0 saturated carbocycles. The number of hydrogen-bond donors (Lipinski definition) is 0. The van der Waals surface area contributed by atoms with Gasteiger partial charge in [-0.15, -0.1) is 0 Å². The first-order valence-corrected chi connectivity index (χ1v) is 8.94. The van der Waals surface area contributed by atoms with E-state index in [0.29, 0.717) is 6.04 Å². The molecule has 2 aliphatic heterocycles. The molecule has 0 aromatic carbocycles. The lowest BCUT2D eigenvalue weighted by Crippen LogP contribution is -2.48. The molecule has 6 heteroatoms. The predicted octanol–water partition coefficient (Wildman–Crippen LogP) is 2.73. The summed E-state index contributed by atoms with van der Waals surface area (Å²) in [5.74, 6) is 1.66. The Morgan fingerprint density at radius 1 is 1.13 bits per heavy atom. The maximum Gasteiger partial charge on any atom is 0.225 e. The van der Waals surface area contributed by atoms with Gasteiger partial charge in [-0.05, 0) is 58.9 Å². The monoisotopic (exact) mass is 373 g/mol. The number of likely N-dealkylation sites (tertiary alicyclic amines) is 1. The second-order valence-electron chi connectivity index (χ2n) is 6.38. The highest BCUT2D eigenvalue weighted by atomic mass is 79.9. The molecule has 2 saturated heterocycles. The second-order valence-corrected chi connectivity index (χ2v) is 7.30. The van der Waals surface area contributed by atoms with Gasteiger partial charge in [-0.2, -0.15) is 0 Å². The van der Waals surface area contributed by atoms with E-state index in [1.54, 1.807) is 0 Å². The van der Waals surface area contributed by atoms with Crippen molar-refractivity contribution in [1.82, 2.24) is 19.9 Å². The van der Waals surface area contributed by atoms with Gasteiger partial charge in [-0.1, -0.05) is 0 Å². The Kier molecular flexibility index (Phi) is 4.27. The fraction of sp³-hybridized carbons (Fsp3) is 0.471. The molecule has 4 rings (SSSR count). The van der Waals surface area contributed by atoms with Gasteiger partial charge < -0.3 is 4.90 Å². The molecule has 0 bridgehead atoms. The van der Waals surface area contributed by atoms with Gasteiger partial charge in [0.2, 0.25) is 5.95 Å². The van der Waals surface area contributed by atoms with Crippen molar-refractivity contribution in [2.45, 2.75) is 25.4 Å². The minimum atomic E-state index is 0.589. The minimum absolute atomic E-state index is 0.589. The molecular formula is C17H20BrN5. The van der Waals surface area contributed by atoms with E-state index in [0.717, 1.165) is 36.0 Å². The highest BCUT2D eigenvalue weighted by Gasteiger charge is 2.38. The SMILES string of the molecule is Brc1cncc(CN2CCC3CCN(c4ncccn4)CC32)c1. The first kappa shape index (κ1) is 15.0. The number of hydrogen-bond acceptors (Lipinski definition) is 5. The molecule has 0 amide bonds. The Labute approximate surface area is 144 Å². The molecule has 0 N–H and O–H groups in total. The fourth-order valence-corrected chi connectivity index (χ4v) is 4.25. The van der Waals surface area contributed by atoms with Crippen LogP contribution in [0.15, 0.2) is 41.4 Å². The molecule has 2 atom stereocenters. The van der Waals surface area contributed by atoms with Gasteiger partial charge in [0, 0.05) is 54.9 Å². The van der Waals surface area contributed by atoms with Gasteiger partial charge in [0.1, 0.15) is 0 Å². The number of fused-ring (bicyclic) bond motifs is 1. The van der Waals surface area contributed by atoms with E-state index in [2.05, 4.69) is 46.7 Å². The molecule has 0 radical (unpaired) electrons. The lowest BCUT2D eigenvalue weighted by Gasteiger charge is -2.38. The smallest absolute Gasteiger partial charge is 0.225 e. The second kappa shape index (κ2) is 6.53. The molecule has 0 spiro atoms. The standard InChI is InChI=1S/C17H20BrN5/c18-15-8-13(9-19-10-15)11-22-6-2-14-3-7-23(12-16(14)22)17-20-4-1-5-21-17/h1,4-5,8-10,14,16H,2-3,6-7,11-12H2. The Hall–Kier alpha value is -1.53. The van der Waals surface area contributed by atoms with Crippen LogP contribution in [-0.4, -0.2) is 45.5 Å². The summed E-state index contributed by atoms with van der Waals surface area (Å²) in [6, 6.07) is 4.63. The minimum Gasteiger partial charge on any atom is -0.339 e. The normalized spacial score (nSPS) is 24.7. The summed E-state index contributed by atoms with van der Waals surface area (Å²) in [4.78, 5) is 18.1. The third kappa shape index (κ3) is 3.23. The molecule has 0 aliphatic carbocycles. The van der Waals surface area contributed by atoms with Crippen molar-refractivity contribution in [3.05, 3.63) is 47.0 Å². The number of nitrogens with zero attached hydrogens (tertiary/aromatic N) is 5. The maximum atomic E-state index is 4.42. The zero-order chi connectivity index (χ0) is 15.6. The molecule has 2 aromatic rings. The van der Waals surface area contributed by atoms with Crippen LogP contribution in [0.2, 0.25) is 0 Å². The highest BCUT2D eigenvalue weighted by Crippen LogP contribution is 2.33. The van der Waals surface area contributed by atoms with Gasteiger partial charge >= 0.3 is 0 Å². The summed E-state index contributed by atoms with van der Waals surface area (Å²) < 4.78 is 1.05. The lowest BCUT2D eigenvalue weighted by atomic mass is 9.92. The summed E-state index contributed by atoms with van der Waals surface area (Å²) in [6.07, 6.45) is 10.00. The number of halogens is 1. The topological polar surface area (TPSA) is 45.2 Å². The van der Waals surface area contributed by atoms with Gasteiger partial charge in [-0.3, -0.25) is 9.88 Å². The Bertz CT molecular complexity index is 665. The van der Waals surface area contributed by atoms with Crippen LogP contribution >= 0.6 is 15.9 Å². The van der Waals surface area contributed by atoms with Crippen molar-refractivity contribution in [2.24, 2.45) is 5.92 Å². The summed E-state index contributed by atoms with van der Waals surface area (Å²) in [5, 5.41) is 0. The summed E-state index contributed by atoms with van der Waals surface area (Å²) in [6.45, 7) is 4.23. The van der Waals surface area contributed by atoms with E-state index in [-0.39, 0.29) is 0 Å². The number of piperidine rings is 1. The van der Waals surface area contributed by atoms with Crippen LogP contribution in [0.25, 0.3) is 0 Å². The average Bonchev–Trinajstić information content (AvgIpc) is 2.98. The molecule has 120 valence electrons. The average molecular weight is 374 g/mol. The van der Waals surface area contributed by atoms with Crippen molar-refractivity contribution < 1.29 is 0 Å². The largest absolute Gasteiger partial charge is 0.339 e. The maximum absolute atomic E-state index is 4.42. The number of aromatic nitrogens is 3. The number of anilines is 1. The first-order valence-electron chi connectivity index (χ1n) is 8.15. The van der Waals surface area contributed by atoms with E-state index < -0.39 is 0 Å². The van der Waals surface area contributed by atoms with E-state index in [1.165, 1.54) is 24.9 Å². The van der Waals surface area contributed by atoms with Crippen LogP contribution in [0.1, 0.15) is 18.4 Å². The molecule has 2 fully saturated rings. The van der Waals surface area contributed by atoms with Crippen molar-refractivity contribution in [3.63, 3.8) is 0 Å². The molecule has 4 heterocycles. The third-order valence-electron chi connectivity index (χ3n) is 4.96. The van der Waals surface area contributed by atoms with Gasteiger partial charge in [0.15, 0.2) is 0 Å². The van der Waals surface area contributed by atoms with E-state index in [9.17, 15) is 0 Å². The number of pyridine rings is 1.